The molecule has 0 unspecified atom stereocenters. The Morgan fingerprint density at radius 1 is 0.462 bits per heavy atom. The van der Waals surface area contributed by atoms with E-state index in [2.05, 4.69) is 140 Å². The Balaban J connectivity index is 1.34. The minimum absolute atomic E-state index is 0.771. The van der Waals surface area contributed by atoms with Crippen molar-refractivity contribution < 1.29 is 4.74 Å². The molecule has 1 heterocycles. The Kier molecular flexibility index (Phi) is 12.0. The van der Waals surface area contributed by atoms with Gasteiger partial charge in [-0.1, -0.05) is 163 Å². The van der Waals surface area contributed by atoms with Gasteiger partial charge in [0.2, 0.25) is 0 Å². The number of aromatic nitrogens is 2. The van der Waals surface area contributed by atoms with Crippen LogP contribution < -0.4 is 4.74 Å². The summed E-state index contributed by atoms with van der Waals surface area (Å²) in [7, 11) is 0. The zero-order valence-corrected chi connectivity index (χ0v) is 31.2. The average Bonchev–Trinajstić information content (AvgIpc) is 3.59. The van der Waals surface area contributed by atoms with Crippen molar-refractivity contribution in [1.82, 2.24) is 9.55 Å². The molecule has 0 aliphatic rings. The molecule has 3 nitrogen and oxygen atoms in total. The number of imidazole rings is 1. The summed E-state index contributed by atoms with van der Waals surface area (Å²) in [6.45, 7) is 6.26. The standard InChI is InChI=1S/C49H54N2O/c1-3-5-7-9-11-19-33-51-48-46-36-41(38-23-17-14-18-24-38)28-32-44(46)43-31-27-40(37-21-15-13-16-22-37)35-45(43)47(48)50-49(51)39-25-29-42(30-26-39)52-34-20-12-10-8-6-4-2/h13-18,21-32,35-36H,3-12,19-20,33-34H2,1-2H3. The molecule has 0 amide bonds. The van der Waals surface area contributed by atoms with Crippen molar-refractivity contribution in [3.05, 3.63) is 121 Å². The van der Waals surface area contributed by atoms with Crippen LogP contribution in [0.1, 0.15) is 90.9 Å². The van der Waals surface area contributed by atoms with Crippen LogP contribution in [0.25, 0.3) is 66.2 Å². The van der Waals surface area contributed by atoms with Gasteiger partial charge in [-0.25, -0.2) is 4.98 Å². The molecule has 0 aliphatic heterocycles. The van der Waals surface area contributed by atoms with E-state index in [9.17, 15) is 0 Å². The maximum absolute atomic E-state index is 6.20. The summed E-state index contributed by atoms with van der Waals surface area (Å²) >= 11 is 0. The van der Waals surface area contributed by atoms with Crippen molar-refractivity contribution in [1.29, 1.82) is 0 Å². The van der Waals surface area contributed by atoms with Crippen molar-refractivity contribution >= 4 is 32.6 Å². The van der Waals surface area contributed by atoms with Crippen LogP contribution in [0.4, 0.5) is 0 Å². The highest BCUT2D eigenvalue weighted by Crippen LogP contribution is 2.41. The van der Waals surface area contributed by atoms with E-state index in [0.717, 1.165) is 48.6 Å². The number of benzene rings is 6. The molecule has 52 heavy (non-hydrogen) atoms. The highest BCUT2D eigenvalue weighted by molar-refractivity contribution is 6.25. The van der Waals surface area contributed by atoms with Crippen molar-refractivity contribution in [3.63, 3.8) is 0 Å². The molecule has 0 bridgehead atoms. The summed E-state index contributed by atoms with van der Waals surface area (Å²) in [5.74, 6) is 1.97. The second-order valence-corrected chi connectivity index (χ2v) is 14.4. The highest BCUT2D eigenvalue weighted by Gasteiger charge is 2.20. The van der Waals surface area contributed by atoms with Crippen LogP contribution >= 0.6 is 0 Å². The largest absolute Gasteiger partial charge is 0.494 e. The van der Waals surface area contributed by atoms with Crippen LogP contribution in [-0.4, -0.2) is 16.2 Å². The number of fused-ring (bicyclic) bond motifs is 6. The minimum Gasteiger partial charge on any atom is -0.494 e. The van der Waals surface area contributed by atoms with Gasteiger partial charge in [0.05, 0.1) is 17.6 Å². The smallest absolute Gasteiger partial charge is 0.141 e. The summed E-state index contributed by atoms with van der Waals surface area (Å²) in [4.78, 5) is 5.59. The van der Waals surface area contributed by atoms with E-state index in [-0.39, 0.29) is 0 Å². The molecule has 266 valence electrons. The number of ether oxygens (including phenoxy) is 1. The van der Waals surface area contributed by atoms with E-state index >= 15 is 0 Å². The first-order valence-corrected chi connectivity index (χ1v) is 20.0. The molecule has 1 aromatic heterocycles. The van der Waals surface area contributed by atoms with Gasteiger partial charge >= 0.3 is 0 Å². The fourth-order valence-electron chi connectivity index (χ4n) is 7.75. The predicted octanol–water partition coefficient (Wildman–Crippen LogP) is 14.4. The minimum atomic E-state index is 0.771. The first-order chi connectivity index (χ1) is 25.7. The summed E-state index contributed by atoms with van der Waals surface area (Å²) in [5, 5.41) is 4.99. The lowest BCUT2D eigenvalue weighted by Crippen LogP contribution is -2.02. The zero-order valence-electron chi connectivity index (χ0n) is 31.2. The maximum Gasteiger partial charge on any atom is 0.141 e. The van der Waals surface area contributed by atoms with Gasteiger partial charge in [0.25, 0.3) is 0 Å². The first kappa shape index (κ1) is 35.5. The molecular formula is C49H54N2O. The number of aryl methyl sites for hydroxylation is 1. The van der Waals surface area contributed by atoms with Crippen LogP contribution in [0, 0.1) is 0 Å². The van der Waals surface area contributed by atoms with Gasteiger partial charge in [-0.3, -0.25) is 0 Å². The van der Waals surface area contributed by atoms with Crippen molar-refractivity contribution in [2.75, 3.05) is 6.61 Å². The molecule has 0 saturated heterocycles. The molecule has 7 rings (SSSR count). The van der Waals surface area contributed by atoms with Crippen LogP contribution in [-0.2, 0) is 6.54 Å². The molecule has 0 spiro atoms. The number of unbranched alkanes of at least 4 members (excludes halogenated alkanes) is 10. The lowest BCUT2D eigenvalue weighted by molar-refractivity contribution is 0.304. The molecule has 0 radical (unpaired) electrons. The summed E-state index contributed by atoms with van der Waals surface area (Å²) < 4.78 is 8.74. The third-order valence-corrected chi connectivity index (χ3v) is 10.6. The van der Waals surface area contributed by atoms with Gasteiger partial charge in [-0.2, -0.15) is 0 Å². The molecule has 0 atom stereocenters. The van der Waals surface area contributed by atoms with Crippen molar-refractivity contribution in [2.24, 2.45) is 0 Å². The van der Waals surface area contributed by atoms with E-state index in [0.29, 0.717) is 0 Å². The molecule has 0 saturated carbocycles. The average molecular weight is 687 g/mol. The number of hydrogen-bond acceptors (Lipinski definition) is 2. The van der Waals surface area contributed by atoms with E-state index in [4.69, 9.17) is 9.72 Å². The molecular weight excluding hydrogens is 633 g/mol. The van der Waals surface area contributed by atoms with Gasteiger partial charge in [-0.05, 0) is 82.3 Å². The van der Waals surface area contributed by atoms with Crippen molar-refractivity contribution in [2.45, 2.75) is 97.4 Å². The van der Waals surface area contributed by atoms with Crippen molar-refractivity contribution in [3.8, 4) is 39.4 Å². The van der Waals surface area contributed by atoms with Crippen LogP contribution in [0.5, 0.6) is 5.75 Å². The van der Waals surface area contributed by atoms with Crippen LogP contribution in [0.15, 0.2) is 121 Å². The Bertz CT molecular complexity index is 2180. The second kappa shape index (κ2) is 17.6. The Morgan fingerprint density at radius 2 is 0.981 bits per heavy atom. The third-order valence-electron chi connectivity index (χ3n) is 10.6. The summed E-state index contributed by atoms with van der Waals surface area (Å²) in [5.41, 5.74) is 8.35. The lowest BCUT2D eigenvalue weighted by Gasteiger charge is -2.14. The number of nitrogens with zero attached hydrogens (tertiary/aromatic N) is 2. The molecule has 6 aromatic carbocycles. The quantitative estimate of drug-likeness (QED) is 0.0664. The van der Waals surface area contributed by atoms with Gasteiger partial charge < -0.3 is 9.30 Å². The lowest BCUT2D eigenvalue weighted by atomic mass is 9.94. The zero-order chi connectivity index (χ0) is 35.5. The highest BCUT2D eigenvalue weighted by atomic mass is 16.5. The van der Waals surface area contributed by atoms with Gasteiger partial charge in [-0.15, -0.1) is 0 Å². The fourth-order valence-corrected chi connectivity index (χ4v) is 7.75. The van der Waals surface area contributed by atoms with E-state index in [1.165, 1.54) is 114 Å². The molecule has 3 heteroatoms. The maximum atomic E-state index is 6.20. The molecule has 7 aromatic rings. The topological polar surface area (TPSA) is 27.1 Å². The Labute approximate surface area is 310 Å². The second-order valence-electron chi connectivity index (χ2n) is 14.4. The third kappa shape index (κ3) is 8.10. The van der Waals surface area contributed by atoms with Gasteiger partial charge in [0.1, 0.15) is 11.6 Å². The monoisotopic (exact) mass is 686 g/mol. The van der Waals surface area contributed by atoms with E-state index in [1.54, 1.807) is 0 Å². The van der Waals surface area contributed by atoms with Gasteiger partial charge in [0.15, 0.2) is 0 Å². The van der Waals surface area contributed by atoms with E-state index < -0.39 is 0 Å². The number of hydrogen-bond donors (Lipinski definition) is 0. The molecule has 0 N–H and O–H groups in total. The summed E-state index contributed by atoms with van der Waals surface area (Å²) in [6.07, 6.45) is 15.1. The van der Waals surface area contributed by atoms with Crippen LogP contribution in [0.2, 0.25) is 0 Å². The molecule has 0 aliphatic carbocycles. The fraction of sp³-hybridized carbons (Fsp3) is 0.327. The SMILES string of the molecule is CCCCCCCCOc1ccc(-c2nc3c4cc(-c5ccccc5)ccc4c4ccc(-c5ccccc5)cc4c3n2CCCCCCCC)cc1. The Hall–Kier alpha value is -4.89. The Morgan fingerprint density at radius 3 is 1.60 bits per heavy atom. The first-order valence-electron chi connectivity index (χ1n) is 20.0. The number of rotatable bonds is 18. The van der Waals surface area contributed by atoms with Crippen LogP contribution in [0.3, 0.4) is 0 Å². The normalized spacial score (nSPS) is 11.6. The van der Waals surface area contributed by atoms with E-state index in [1.807, 2.05) is 0 Å². The van der Waals surface area contributed by atoms with Gasteiger partial charge in [0, 0.05) is 22.9 Å². The molecule has 0 fully saturated rings. The summed E-state index contributed by atoms with van der Waals surface area (Å²) in [6, 6.07) is 44.1. The predicted molar refractivity (Wildman–Crippen MR) is 223 cm³/mol.